The quantitative estimate of drug-likeness (QED) is 0.314. The molecule has 6 nitrogen and oxygen atoms in total. The average Bonchev–Trinajstić information content (AvgIpc) is 3.32. The number of nitrogens with zero attached hydrogens (tertiary/aromatic N) is 4. The minimum atomic E-state index is -0.193. The molecule has 8 heteroatoms. The van der Waals surface area contributed by atoms with Crippen LogP contribution in [0.4, 0.5) is 5.69 Å². The first kappa shape index (κ1) is 21.2. The summed E-state index contributed by atoms with van der Waals surface area (Å²) >= 11 is 7.69. The van der Waals surface area contributed by atoms with Gasteiger partial charge in [0, 0.05) is 5.39 Å². The molecule has 1 heterocycles. The highest BCUT2D eigenvalue weighted by molar-refractivity contribution is 7.99. The molecule has 0 unspecified atom stereocenters. The van der Waals surface area contributed by atoms with Crippen molar-refractivity contribution in [2.75, 3.05) is 11.1 Å². The number of carbonyl (C=O) groups excluding carboxylic acids is 1. The Hall–Kier alpha value is -3.68. The predicted octanol–water partition coefficient (Wildman–Crippen LogP) is 5.87. The summed E-state index contributed by atoms with van der Waals surface area (Å²) < 4.78 is 1.65. The fraction of sp³-hybridized carbons (Fsp3) is 0.0400. The van der Waals surface area contributed by atoms with Gasteiger partial charge in [0.25, 0.3) is 0 Å². The van der Waals surface area contributed by atoms with Crippen LogP contribution in [0.5, 0.6) is 0 Å². The van der Waals surface area contributed by atoms with Crippen molar-refractivity contribution in [2.45, 2.75) is 5.16 Å². The van der Waals surface area contributed by atoms with E-state index in [0.717, 1.165) is 27.6 Å². The lowest BCUT2D eigenvalue weighted by Gasteiger charge is -2.10. The number of benzene rings is 4. The molecule has 0 aliphatic rings. The van der Waals surface area contributed by atoms with Crippen molar-refractivity contribution < 1.29 is 4.79 Å². The van der Waals surface area contributed by atoms with E-state index in [-0.39, 0.29) is 11.7 Å². The third-order valence-electron chi connectivity index (χ3n) is 5.12. The number of thioether (sulfide) groups is 1. The third-order valence-corrected chi connectivity index (χ3v) is 6.35. The van der Waals surface area contributed by atoms with Gasteiger partial charge in [-0.05, 0) is 45.1 Å². The van der Waals surface area contributed by atoms with Crippen molar-refractivity contribution >= 4 is 45.7 Å². The number of hydrogen-bond donors (Lipinski definition) is 1. The van der Waals surface area contributed by atoms with Gasteiger partial charge in [0.1, 0.15) is 0 Å². The molecule has 0 aliphatic carbocycles. The fourth-order valence-electron chi connectivity index (χ4n) is 3.56. The first-order valence-electron chi connectivity index (χ1n) is 10.2. The average molecular weight is 472 g/mol. The number of rotatable bonds is 6. The number of anilines is 1. The van der Waals surface area contributed by atoms with Crippen LogP contribution in [-0.4, -0.2) is 31.9 Å². The van der Waals surface area contributed by atoms with Gasteiger partial charge in [0.15, 0.2) is 0 Å². The van der Waals surface area contributed by atoms with Crippen LogP contribution in [0.25, 0.3) is 27.6 Å². The molecule has 1 amide bonds. The number of fused-ring (bicyclic) bond motifs is 1. The molecule has 4 aromatic carbocycles. The molecule has 0 spiro atoms. The molecule has 162 valence electrons. The highest BCUT2D eigenvalue weighted by Crippen LogP contribution is 2.29. The first-order valence-corrected chi connectivity index (χ1v) is 11.6. The molecule has 0 saturated heterocycles. The Morgan fingerprint density at radius 2 is 1.70 bits per heavy atom. The summed E-state index contributed by atoms with van der Waals surface area (Å²) in [6.45, 7) is 0. The zero-order valence-electron chi connectivity index (χ0n) is 17.4. The van der Waals surface area contributed by atoms with Gasteiger partial charge < -0.3 is 5.32 Å². The molecule has 5 aromatic rings. The van der Waals surface area contributed by atoms with Crippen LogP contribution in [0.1, 0.15) is 0 Å². The van der Waals surface area contributed by atoms with Crippen LogP contribution < -0.4 is 5.32 Å². The number of carbonyl (C=O) groups is 1. The minimum absolute atomic E-state index is 0.141. The van der Waals surface area contributed by atoms with Gasteiger partial charge in [-0.25, -0.2) is 0 Å². The van der Waals surface area contributed by atoms with Crippen molar-refractivity contribution in [1.29, 1.82) is 0 Å². The predicted molar refractivity (Wildman–Crippen MR) is 133 cm³/mol. The number of tetrazole rings is 1. The summed E-state index contributed by atoms with van der Waals surface area (Å²) in [6, 6.07) is 29.5. The standard InChI is InChI=1S/C25H18ClN5OS/c26-21-15-19(17-7-2-1-3-8-17)13-14-22(21)27-24(32)16-33-25-28-29-30-31(25)23-12-6-10-18-9-4-5-11-20(18)23/h1-15H,16H2,(H,27,32). The molecule has 5 rings (SSSR count). The van der Waals surface area contributed by atoms with E-state index < -0.39 is 0 Å². The minimum Gasteiger partial charge on any atom is -0.324 e. The Bertz CT molecular complexity index is 1430. The van der Waals surface area contributed by atoms with Gasteiger partial charge in [-0.15, -0.1) is 5.10 Å². The highest BCUT2D eigenvalue weighted by atomic mass is 35.5. The molecule has 0 aliphatic heterocycles. The van der Waals surface area contributed by atoms with E-state index in [4.69, 9.17) is 11.6 Å². The normalized spacial score (nSPS) is 10.9. The lowest BCUT2D eigenvalue weighted by Crippen LogP contribution is -2.15. The highest BCUT2D eigenvalue weighted by Gasteiger charge is 2.14. The summed E-state index contributed by atoms with van der Waals surface area (Å²) in [5.41, 5.74) is 3.48. The van der Waals surface area contributed by atoms with E-state index in [2.05, 4.69) is 20.8 Å². The number of amides is 1. The lowest BCUT2D eigenvalue weighted by molar-refractivity contribution is -0.113. The zero-order valence-corrected chi connectivity index (χ0v) is 18.9. The monoisotopic (exact) mass is 471 g/mol. The maximum Gasteiger partial charge on any atom is 0.234 e. The van der Waals surface area contributed by atoms with Crippen LogP contribution in [0.2, 0.25) is 5.02 Å². The Labute approximate surface area is 199 Å². The lowest BCUT2D eigenvalue weighted by atomic mass is 10.1. The second kappa shape index (κ2) is 9.44. The molecule has 0 fully saturated rings. The van der Waals surface area contributed by atoms with Crippen LogP contribution >= 0.6 is 23.4 Å². The largest absolute Gasteiger partial charge is 0.324 e. The van der Waals surface area contributed by atoms with Gasteiger partial charge in [-0.1, -0.05) is 96.2 Å². The summed E-state index contributed by atoms with van der Waals surface area (Å²) in [7, 11) is 0. The van der Waals surface area contributed by atoms with Gasteiger partial charge >= 0.3 is 0 Å². The topological polar surface area (TPSA) is 72.7 Å². The third kappa shape index (κ3) is 4.60. The van der Waals surface area contributed by atoms with Crippen molar-refractivity contribution in [1.82, 2.24) is 20.2 Å². The molecule has 33 heavy (non-hydrogen) atoms. The fourth-order valence-corrected chi connectivity index (χ4v) is 4.47. The second-order valence-electron chi connectivity index (χ2n) is 7.27. The maximum absolute atomic E-state index is 12.6. The number of halogens is 1. The maximum atomic E-state index is 12.6. The number of aromatic nitrogens is 4. The molecule has 0 bridgehead atoms. The van der Waals surface area contributed by atoms with Crippen LogP contribution in [-0.2, 0) is 4.79 Å². The van der Waals surface area contributed by atoms with Crippen molar-refractivity contribution in [2.24, 2.45) is 0 Å². The Balaban J connectivity index is 1.29. The molecular weight excluding hydrogens is 454 g/mol. The summed E-state index contributed by atoms with van der Waals surface area (Å²) in [5.74, 6) is -0.0520. The van der Waals surface area contributed by atoms with Gasteiger partial charge in [0.05, 0.1) is 22.2 Å². The van der Waals surface area contributed by atoms with E-state index in [1.165, 1.54) is 11.8 Å². The van der Waals surface area contributed by atoms with Gasteiger partial charge in [-0.2, -0.15) is 4.68 Å². The Morgan fingerprint density at radius 1 is 0.909 bits per heavy atom. The van der Waals surface area contributed by atoms with Crippen LogP contribution in [0.3, 0.4) is 0 Å². The second-order valence-corrected chi connectivity index (χ2v) is 8.62. The number of nitrogens with one attached hydrogen (secondary N) is 1. The molecule has 1 aromatic heterocycles. The Kier molecular flexibility index (Phi) is 6.06. The molecule has 1 N–H and O–H groups in total. The summed E-state index contributed by atoms with van der Waals surface area (Å²) in [5, 5.41) is 18.1. The van der Waals surface area contributed by atoms with Crippen LogP contribution in [0.15, 0.2) is 96.2 Å². The van der Waals surface area contributed by atoms with Crippen LogP contribution in [0, 0.1) is 0 Å². The smallest absolute Gasteiger partial charge is 0.234 e. The molecular formula is C25H18ClN5OS. The van der Waals surface area contributed by atoms with Gasteiger partial charge in [0.2, 0.25) is 11.1 Å². The molecule has 0 saturated carbocycles. The SMILES string of the molecule is O=C(CSc1nnnn1-c1cccc2ccccc12)Nc1ccc(-c2ccccc2)cc1Cl. The van der Waals surface area contributed by atoms with E-state index in [9.17, 15) is 4.79 Å². The summed E-state index contributed by atoms with van der Waals surface area (Å²) in [6.07, 6.45) is 0. The Morgan fingerprint density at radius 3 is 2.55 bits per heavy atom. The van der Waals surface area contributed by atoms with Crippen molar-refractivity contribution in [3.05, 3.63) is 96.0 Å². The summed E-state index contributed by atoms with van der Waals surface area (Å²) in [4.78, 5) is 12.6. The number of hydrogen-bond acceptors (Lipinski definition) is 5. The zero-order chi connectivity index (χ0) is 22.6. The van der Waals surface area contributed by atoms with E-state index in [1.807, 2.05) is 91.0 Å². The van der Waals surface area contributed by atoms with E-state index >= 15 is 0 Å². The van der Waals surface area contributed by atoms with Crippen molar-refractivity contribution in [3.8, 4) is 16.8 Å². The molecule has 0 atom stereocenters. The molecule has 0 radical (unpaired) electrons. The van der Waals surface area contributed by atoms with Crippen molar-refractivity contribution in [3.63, 3.8) is 0 Å². The van der Waals surface area contributed by atoms with E-state index in [1.54, 1.807) is 4.68 Å². The first-order chi connectivity index (χ1) is 16.2. The van der Waals surface area contributed by atoms with E-state index in [0.29, 0.717) is 15.9 Å². The van der Waals surface area contributed by atoms with Gasteiger partial charge in [-0.3, -0.25) is 4.79 Å².